The van der Waals surface area contributed by atoms with Crippen molar-refractivity contribution in [2.75, 3.05) is 49.9 Å². The van der Waals surface area contributed by atoms with Gasteiger partial charge in [-0.15, -0.1) is 0 Å². The van der Waals surface area contributed by atoms with Gasteiger partial charge in [-0.25, -0.2) is 0 Å². The van der Waals surface area contributed by atoms with Gasteiger partial charge in [-0.1, -0.05) is 13.0 Å². The van der Waals surface area contributed by atoms with Gasteiger partial charge in [-0.05, 0) is 55.3 Å². The summed E-state index contributed by atoms with van der Waals surface area (Å²) >= 11 is 0. The number of pyridine rings is 1. The molecule has 0 radical (unpaired) electrons. The van der Waals surface area contributed by atoms with E-state index in [1.807, 2.05) is 42.2 Å². The second kappa shape index (κ2) is 19.1. The first kappa shape index (κ1) is 39.3. The van der Waals surface area contributed by atoms with Gasteiger partial charge in [0.15, 0.2) is 11.5 Å². The molecule has 1 fully saturated rings. The van der Waals surface area contributed by atoms with Crippen LogP contribution in [-0.2, 0) is 15.8 Å². The molecule has 1 aliphatic rings. The third kappa shape index (κ3) is 10.6. The van der Waals surface area contributed by atoms with Crippen molar-refractivity contribution in [1.29, 1.82) is 0 Å². The van der Waals surface area contributed by atoms with E-state index in [1.54, 1.807) is 51.7 Å². The summed E-state index contributed by atoms with van der Waals surface area (Å²) in [4.78, 5) is 24.0. The molecule has 2 heterocycles. The molecule has 1 aromatic heterocycles. The molecule has 0 unspecified atom stereocenters. The molecule has 0 bridgehead atoms. The third-order valence-electron chi connectivity index (χ3n) is 7.23. The number of aromatic nitrogens is 1. The summed E-state index contributed by atoms with van der Waals surface area (Å²) in [5, 5.41) is 7.10. The van der Waals surface area contributed by atoms with E-state index in [0.29, 0.717) is 66.6 Å². The van der Waals surface area contributed by atoms with Crippen molar-refractivity contribution in [3.05, 3.63) is 72.4 Å². The molecule has 1 amide bonds. The van der Waals surface area contributed by atoms with Crippen LogP contribution in [0.25, 0.3) is 10.9 Å². The number of piperidine rings is 1. The van der Waals surface area contributed by atoms with Crippen molar-refractivity contribution in [2.24, 2.45) is 5.73 Å². The smallest absolute Gasteiger partial charge is 0.418 e. The molecule has 0 aliphatic carbocycles. The standard InChI is InChI=1S/C30H31F3N4O3.C3H6O.CH3NO.H2S/c1-34-20-7-8-26(24(16-20)30(31,32)33)37-13-10-19(11-14-37)36-21-5-4-6-22(15-21)40-27-9-12-35-25-18-29(39-3)28(38-2)17-23(25)27;1-2-3-4;2-1-3;/h4-9,12,15-19,34,36H,10-11,13-14H2,1-3H3;3H,2H2,1H3;1H,(H2,2,3);1H2. The van der Waals surface area contributed by atoms with Crippen molar-refractivity contribution >= 4 is 54.2 Å². The van der Waals surface area contributed by atoms with Crippen LogP contribution in [0.2, 0.25) is 0 Å². The van der Waals surface area contributed by atoms with E-state index < -0.39 is 11.7 Å². The van der Waals surface area contributed by atoms with Crippen molar-refractivity contribution < 1.29 is 37.0 Å². The van der Waals surface area contributed by atoms with Crippen LogP contribution in [0.3, 0.4) is 0 Å². The van der Waals surface area contributed by atoms with E-state index in [0.717, 1.165) is 17.4 Å². The van der Waals surface area contributed by atoms with Gasteiger partial charge >= 0.3 is 6.18 Å². The lowest BCUT2D eigenvalue weighted by Crippen LogP contribution is -2.40. The van der Waals surface area contributed by atoms with Crippen LogP contribution in [-0.4, -0.2) is 58.1 Å². The SMILES string of the molecule is CCC=O.CNc1ccc(N2CCC(Nc3cccc(Oc4ccnc5cc(OC)c(OC)cc45)c3)CC2)c(C(F)(F)F)c1.NC=O.S. The minimum Gasteiger partial charge on any atom is -0.493 e. The Hall–Kier alpha value is -4.85. The number of carbonyl (C=O) groups excluding carboxylic acids is 2. The number of fused-ring (bicyclic) bond motifs is 1. The predicted molar refractivity (Wildman–Crippen MR) is 188 cm³/mol. The first-order chi connectivity index (χ1) is 22.6. The number of rotatable bonds is 9. The van der Waals surface area contributed by atoms with E-state index in [1.165, 1.54) is 6.07 Å². The number of primary amides is 1. The topological polar surface area (TPSA) is 128 Å². The maximum absolute atomic E-state index is 13.7. The molecule has 0 atom stereocenters. The highest BCUT2D eigenvalue weighted by atomic mass is 32.1. The number of nitrogens with one attached hydrogen (secondary N) is 2. The number of alkyl halides is 3. The molecular formula is C34H42F3N5O5S. The number of benzene rings is 3. The van der Waals surface area contributed by atoms with Crippen molar-refractivity contribution in [3.8, 4) is 23.0 Å². The Balaban J connectivity index is 0.000000917. The van der Waals surface area contributed by atoms with E-state index >= 15 is 0 Å². The number of carbonyl (C=O) groups is 2. The monoisotopic (exact) mass is 689 g/mol. The quantitative estimate of drug-likeness (QED) is 0.159. The highest BCUT2D eigenvalue weighted by Crippen LogP contribution is 2.40. The largest absolute Gasteiger partial charge is 0.493 e. The molecule has 4 N–H and O–H groups in total. The molecule has 1 saturated heterocycles. The Bertz CT molecular complexity index is 1620. The van der Waals surface area contributed by atoms with Gasteiger partial charge in [-0.3, -0.25) is 9.78 Å². The minimum atomic E-state index is -4.42. The van der Waals surface area contributed by atoms with Crippen LogP contribution in [0.4, 0.5) is 30.2 Å². The Morgan fingerprint density at radius 1 is 0.958 bits per heavy atom. The number of hydrogen-bond acceptors (Lipinski definition) is 9. The van der Waals surface area contributed by atoms with Gasteiger partial charge in [-0.2, -0.15) is 26.7 Å². The molecule has 3 aromatic carbocycles. The first-order valence-electron chi connectivity index (χ1n) is 14.9. The molecule has 0 spiro atoms. The summed E-state index contributed by atoms with van der Waals surface area (Å²) in [7, 11) is 4.77. The van der Waals surface area contributed by atoms with Gasteiger partial charge in [0.1, 0.15) is 17.8 Å². The first-order valence-corrected chi connectivity index (χ1v) is 14.9. The van der Waals surface area contributed by atoms with Crippen molar-refractivity contribution in [1.82, 2.24) is 4.98 Å². The van der Waals surface area contributed by atoms with E-state index in [-0.39, 0.29) is 31.6 Å². The number of ether oxygens (including phenoxy) is 3. The van der Waals surface area contributed by atoms with Gasteiger partial charge in [0.05, 0.1) is 25.3 Å². The van der Waals surface area contributed by atoms with Gasteiger partial charge in [0.2, 0.25) is 6.41 Å². The zero-order chi connectivity index (χ0) is 34.4. The van der Waals surface area contributed by atoms with Crippen LogP contribution in [0, 0.1) is 0 Å². The number of aldehydes is 1. The summed E-state index contributed by atoms with van der Waals surface area (Å²) in [6.45, 7) is 2.85. The van der Waals surface area contributed by atoms with E-state index in [9.17, 15) is 18.0 Å². The Kier molecular flexibility index (Phi) is 15.6. The van der Waals surface area contributed by atoms with E-state index in [2.05, 4.69) is 21.4 Å². The van der Waals surface area contributed by atoms with Crippen molar-refractivity contribution in [3.63, 3.8) is 0 Å². The lowest BCUT2D eigenvalue weighted by atomic mass is 10.0. The molecule has 0 saturated carbocycles. The van der Waals surface area contributed by atoms with Crippen molar-refractivity contribution in [2.45, 2.75) is 38.4 Å². The zero-order valence-electron chi connectivity index (χ0n) is 27.3. The summed E-state index contributed by atoms with van der Waals surface area (Å²) in [6.07, 6.45) is 0.421. The number of halogens is 3. The Morgan fingerprint density at radius 2 is 1.60 bits per heavy atom. The number of methoxy groups -OCH3 is 2. The second-order valence-corrected chi connectivity index (χ2v) is 10.3. The molecular weight excluding hydrogens is 647 g/mol. The van der Waals surface area contributed by atoms with Crippen LogP contribution < -0.4 is 35.5 Å². The normalized spacial score (nSPS) is 12.6. The number of amides is 1. The number of anilines is 3. The number of hydrogen-bond donors (Lipinski definition) is 3. The molecule has 1 aliphatic heterocycles. The predicted octanol–water partition coefficient (Wildman–Crippen LogP) is 7.00. The van der Waals surface area contributed by atoms with E-state index in [4.69, 9.17) is 19.0 Å². The average Bonchev–Trinajstić information content (AvgIpc) is 3.08. The lowest BCUT2D eigenvalue weighted by molar-refractivity contribution is -0.137. The maximum Gasteiger partial charge on any atom is 0.418 e. The van der Waals surface area contributed by atoms with Gasteiger partial charge in [0, 0.05) is 73.4 Å². The highest BCUT2D eigenvalue weighted by molar-refractivity contribution is 7.59. The second-order valence-electron chi connectivity index (χ2n) is 10.3. The van der Waals surface area contributed by atoms with Gasteiger partial charge in [0.25, 0.3) is 0 Å². The molecule has 48 heavy (non-hydrogen) atoms. The summed E-state index contributed by atoms with van der Waals surface area (Å²) in [6, 6.07) is 17.6. The summed E-state index contributed by atoms with van der Waals surface area (Å²) < 4.78 is 58.3. The number of nitrogens with two attached hydrogens (primary N) is 1. The highest BCUT2D eigenvalue weighted by Gasteiger charge is 2.36. The van der Waals surface area contributed by atoms with Crippen LogP contribution in [0.5, 0.6) is 23.0 Å². The molecule has 14 heteroatoms. The lowest BCUT2D eigenvalue weighted by Gasteiger charge is -2.35. The van der Waals surface area contributed by atoms with Crippen LogP contribution in [0.1, 0.15) is 31.7 Å². The Morgan fingerprint density at radius 3 is 2.19 bits per heavy atom. The summed E-state index contributed by atoms with van der Waals surface area (Å²) in [5.41, 5.74) is 5.80. The third-order valence-corrected chi connectivity index (χ3v) is 7.23. The molecule has 4 aromatic rings. The van der Waals surface area contributed by atoms with Crippen LogP contribution >= 0.6 is 13.5 Å². The zero-order valence-corrected chi connectivity index (χ0v) is 28.3. The minimum absolute atomic E-state index is 0. The fraction of sp³-hybridized carbons (Fsp3) is 0.324. The maximum atomic E-state index is 13.7. The number of nitrogens with zero attached hydrogens (tertiary/aromatic N) is 2. The Labute approximate surface area is 285 Å². The fourth-order valence-electron chi connectivity index (χ4n) is 5.01. The average molecular weight is 690 g/mol. The van der Waals surface area contributed by atoms with Gasteiger partial charge < -0.3 is 40.3 Å². The molecule has 10 nitrogen and oxygen atoms in total. The molecule has 260 valence electrons. The summed E-state index contributed by atoms with van der Waals surface area (Å²) in [5.74, 6) is 2.43. The molecule has 5 rings (SSSR count). The van der Waals surface area contributed by atoms with Crippen LogP contribution in [0.15, 0.2) is 66.9 Å². The fourth-order valence-corrected chi connectivity index (χ4v) is 5.01.